The van der Waals surface area contributed by atoms with Crippen molar-refractivity contribution in [1.29, 1.82) is 0 Å². The van der Waals surface area contributed by atoms with E-state index in [1.54, 1.807) is 18.2 Å². The Labute approximate surface area is 118 Å². The van der Waals surface area contributed by atoms with Crippen molar-refractivity contribution < 1.29 is 4.92 Å². The van der Waals surface area contributed by atoms with Crippen LogP contribution in [0.1, 0.15) is 0 Å². The number of hydrogen-bond donors (Lipinski definition) is 2. The number of hydrogen-bond acceptors (Lipinski definition) is 4. The number of nitrogens with two attached hydrogens (primary N) is 1. The van der Waals surface area contributed by atoms with E-state index in [4.69, 9.17) is 17.3 Å². The average molecular weight is 289 g/mol. The van der Waals surface area contributed by atoms with Gasteiger partial charge in [0.25, 0.3) is 5.69 Å². The Morgan fingerprint density at radius 3 is 2.55 bits per heavy atom. The second-order valence-corrected chi connectivity index (χ2v) is 4.64. The summed E-state index contributed by atoms with van der Waals surface area (Å²) in [5, 5.41) is 10.9. The molecule has 7 heteroatoms. The van der Waals surface area contributed by atoms with Gasteiger partial charge in [0.1, 0.15) is 16.4 Å². The lowest BCUT2D eigenvalue weighted by Crippen LogP contribution is -1.89. The number of nitro benzene ring substituents is 1. The number of nitrogens with zero attached hydrogens (tertiary/aromatic N) is 2. The summed E-state index contributed by atoms with van der Waals surface area (Å²) in [6.07, 6.45) is 0. The molecule has 6 nitrogen and oxygen atoms in total. The molecule has 1 heterocycles. The van der Waals surface area contributed by atoms with Crippen molar-refractivity contribution >= 4 is 34.0 Å². The molecule has 0 spiro atoms. The lowest BCUT2D eigenvalue weighted by atomic mass is 10.2. The number of fused-ring (bicyclic) bond motifs is 1. The molecule has 100 valence electrons. The molecule has 3 N–H and O–H groups in total. The molecule has 20 heavy (non-hydrogen) atoms. The lowest BCUT2D eigenvalue weighted by Gasteiger charge is -1.96. The Morgan fingerprint density at radius 1 is 1.20 bits per heavy atom. The first-order valence-corrected chi connectivity index (χ1v) is 6.12. The van der Waals surface area contributed by atoms with E-state index in [0.29, 0.717) is 22.5 Å². The van der Waals surface area contributed by atoms with Crippen LogP contribution in [0, 0.1) is 10.1 Å². The van der Waals surface area contributed by atoms with Crippen LogP contribution < -0.4 is 5.73 Å². The van der Waals surface area contributed by atoms with Gasteiger partial charge in [0.2, 0.25) is 0 Å². The number of H-pyrrole nitrogens is 1. The van der Waals surface area contributed by atoms with Crippen molar-refractivity contribution in [2.45, 2.75) is 0 Å². The summed E-state index contributed by atoms with van der Waals surface area (Å²) in [5.74, 6) is 0.586. The molecule has 0 saturated heterocycles. The minimum Gasteiger partial charge on any atom is -0.399 e. The highest BCUT2D eigenvalue weighted by molar-refractivity contribution is 6.37. The number of benzene rings is 2. The van der Waals surface area contributed by atoms with Crippen LogP contribution >= 0.6 is 11.6 Å². The van der Waals surface area contributed by atoms with Gasteiger partial charge in [-0.2, -0.15) is 0 Å². The van der Waals surface area contributed by atoms with Gasteiger partial charge in [-0.15, -0.1) is 0 Å². The normalized spacial score (nSPS) is 10.8. The van der Waals surface area contributed by atoms with Gasteiger partial charge in [0.15, 0.2) is 0 Å². The fourth-order valence-corrected chi connectivity index (χ4v) is 2.23. The van der Waals surface area contributed by atoms with Gasteiger partial charge in [0, 0.05) is 17.3 Å². The summed E-state index contributed by atoms with van der Waals surface area (Å²) in [7, 11) is 0. The Kier molecular flexibility index (Phi) is 2.80. The van der Waals surface area contributed by atoms with Crippen molar-refractivity contribution in [1.82, 2.24) is 9.97 Å². The van der Waals surface area contributed by atoms with Crippen LogP contribution in [0.2, 0.25) is 5.02 Å². The van der Waals surface area contributed by atoms with Crippen molar-refractivity contribution in [3.8, 4) is 11.4 Å². The standard InChI is InChI=1S/C13H9ClN4O2/c14-11-10(18(19)20)6-5-9-12(11)17-13(16-9)7-1-3-8(15)4-2-7/h1-6H,15H2,(H,16,17). The SMILES string of the molecule is Nc1ccc(-c2nc3c(Cl)c([N+](=O)[O-])ccc3[nH]2)cc1. The van der Waals surface area contributed by atoms with Crippen LogP contribution in [-0.2, 0) is 0 Å². The van der Waals surface area contributed by atoms with Crippen LogP contribution in [0.4, 0.5) is 11.4 Å². The van der Waals surface area contributed by atoms with E-state index in [-0.39, 0.29) is 10.7 Å². The highest BCUT2D eigenvalue weighted by Crippen LogP contribution is 2.32. The largest absolute Gasteiger partial charge is 0.399 e. The monoisotopic (exact) mass is 288 g/mol. The molecule has 1 aromatic heterocycles. The maximum Gasteiger partial charge on any atom is 0.290 e. The van der Waals surface area contributed by atoms with Crippen LogP contribution in [0.3, 0.4) is 0 Å². The second-order valence-electron chi connectivity index (χ2n) is 4.26. The Morgan fingerprint density at radius 2 is 1.90 bits per heavy atom. The first kappa shape index (κ1) is 12.4. The van der Waals surface area contributed by atoms with Crippen LogP contribution in [-0.4, -0.2) is 14.9 Å². The average Bonchev–Trinajstić information content (AvgIpc) is 2.84. The molecular formula is C13H9ClN4O2. The topological polar surface area (TPSA) is 97.8 Å². The zero-order chi connectivity index (χ0) is 14.3. The highest BCUT2D eigenvalue weighted by atomic mass is 35.5. The van der Waals surface area contributed by atoms with E-state index >= 15 is 0 Å². The van der Waals surface area contributed by atoms with E-state index < -0.39 is 4.92 Å². The molecule has 0 aliphatic carbocycles. The van der Waals surface area contributed by atoms with Gasteiger partial charge in [-0.1, -0.05) is 11.6 Å². The molecule has 0 bridgehead atoms. The molecule has 3 aromatic rings. The molecule has 0 saturated carbocycles. The molecule has 0 unspecified atom stereocenters. The fourth-order valence-electron chi connectivity index (χ4n) is 1.95. The number of rotatable bonds is 2. The van der Waals surface area contributed by atoms with Crippen LogP contribution in [0.5, 0.6) is 0 Å². The quantitative estimate of drug-likeness (QED) is 0.429. The predicted octanol–water partition coefficient (Wildman–Crippen LogP) is 3.37. The summed E-state index contributed by atoms with van der Waals surface area (Å²) in [5.41, 5.74) is 7.98. The Bertz CT molecular complexity index is 811. The third-order valence-corrected chi connectivity index (χ3v) is 3.33. The zero-order valence-corrected chi connectivity index (χ0v) is 10.9. The maximum atomic E-state index is 10.8. The van der Waals surface area contributed by atoms with Crippen molar-refractivity contribution in [3.63, 3.8) is 0 Å². The summed E-state index contributed by atoms with van der Waals surface area (Å²) >= 11 is 6.02. The van der Waals surface area contributed by atoms with E-state index in [0.717, 1.165) is 5.56 Å². The molecule has 0 radical (unpaired) electrons. The first-order valence-electron chi connectivity index (χ1n) is 5.75. The minimum absolute atomic E-state index is 0.0328. The zero-order valence-electron chi connectivity index (χ0n) is 10.1. The molecule has 0 atom stereocenters. The van der Waals surface area contributed by atoms with Crippen molar-refractivity contribution in [2.24, 2.45) is 0 Å². The minimum atomic E-state index is -0.528. The second kappa shape index (κ2) is 4.50. The van der Waals surface area contributed by atoms with Gasteiger partial charge >= 0.3 is 0 Å². The number of halogens is 1. The smallest absolute Gasteiger partial charge is 0.290 e. The van der Waals surface area contributed by atoms with Gasteiger partial charge in [-0.3, -0.25) is 10.1 Å². The summed E-state index contributed by atoms with van der Waals surface area (Å²) in [4.78, 5) is 17.7. The summed E-state index contributed by atoms with van der Waals surface area (Å²) < 4.78 is 0. The summed E-state index contributed by atoms with van der Waals surface area (Å²) in [6, 6.07) is 10.1. The van der Waals surface area contributed by atoms with Crippen LogP contribution in [0.25, 0.3) is 22.4 Å². The predicted molar refractivity (Wildman–Crippen MR) is 77.6 cm³/mol. The summed E-state index contributed by atoms with van der Waals surface area (Å²) in [6.45, 7) is 0. The van der Waals surface area contributed by atoms with Gasteiger partial charge in [-0.25, -0.2) is 4.98 Å². The van der Waals surface area contributed by atoms with E-state index in [9.17, 15) is 10.1 Å². The first-order chi connectivity index (χ1) is 9.56. The molecule has 0 aliphatic rings. The van der Waals surface area contributed by atoms with Crippen LogP contribution in [0.15, 0.2) is 36.4 Å². The Hall–Kier alpha value is -2.60. The number of anilines is 1. The van der Waals surface area contributed by atoms with Crippen molar-refractivity contribution in [2.75, 3.05) is 5.73 Å². The van der Waals surface area contributed by atoms with Crippen molar-refractivity contribution in [3.05, 3.63) is 51.5 Å². The number of nitrogen functional groups attached to an aromatic ring is 1. The molecular weight excluding hydrogens is 280 g/mol. The number of nitrogens with one attached hydrogen (secondary N) is 1. The van der Waals surface area contributed by atoms with Gasteiger partial charge in [0.05, 0.1) is 10.4 Å². The maximum absolute atomic E-state index is 10.8. The van der Waals surface area contributed by atoms with Gasteiger partial charge in [-0.05, 0) is 30.3 Å². The third kappa shape index (κ3) is 1.96. The molecule has 0 fully saturated rings. The number of aromatic amines is 1. The van der Waals surface area contributed by atoms with E-state index in [1.165, 1.54) is 6.07 Å². The third-order valence-electron chi connectivity index (χ3n) is 2.95. The van der Waals surface area contributed by atoms with E-state index in [1.807, 2.05) is 12.1 Å². The number of aromatic nitrogens is 2. The number of nitro groups is 1. The number of imidazole rings is 1. The molecule has 2 aromatic carbocycles. The van der Waals surface area contributed by atoms with Gasteiger partial charge < -0.3 is 10.7 Å². The molecule has 0 aliphatic heterocycles. The highest BCUT2D eigenvalue weighted by Gasteiger charge is 2.18. The van der Waals surface area contributed by atoms with E-state index in [2.05, 4.69) is 9.97 Å². The fraction of sp³-hybridized carbons (Fsp3) is 0. The lowest BCUT2D eigenvalue weighted by molar-refractivity contribution is -0.384. The Balaban J connectivity index is 2.18. The molecule has 3 rings (SSSR count). The molecule has 0 amide bonds.